The van der Waals surface area contributed by atoms with E-state index in [1.807, 2.05) is 36.4 Å². The molecule has 0 saturated carbocycles. The molecular weight excluding hydrogens is 410 g/mol. The number of benzene rings is 3. The third-order valence-corrected chi connectivity index (χ3v) is 4.60. The second kappa shape index (κ2) is 10.8. The largest absolute Gasteiger partial charge is 0.493 e. The zero-order valence-corrected chi connectivity index (χ0v) is 17.9. The minimum absolute atomic E-state index is 0.116. The smallest absolute Gasteiger partial charge is 0.411 e. The fraction of sp³-hybridized carbons (Fsp3) is 0.167. The zero-order chi connectivity index (χ0) is 22.9. The van der Waals surface area contributed by atoms with Crippen molar-refractivity contribution < 1.29 is 23.8 Å². The normalized spacial score (nSPS) is 10.2. The molecule has 0 atom stereocenters. The molecule has 0 saturated heterocycles. The highest BCUT2D eigenvalue weighted by atomic mass is 16.5. The summed E-state index contributed by atoms with van der Waals surface area (Å²) in [5, 5.41) is 5.43. The van der Waals surface area contributed by atoms with Gasteiger partial charge in [0.05, 0.1) is 19.8 Å². The highest BCUT2D eigenvalue weighted by molar-refractivity contribution is 6.08. The van der Waals surface area contributed by atoms with Crippen molar-refractivity contribution in [2.45, 2.75) is 13.2 Å². The van der Waals surface area contributed by atoms with E-state index in [-0.39, 0.29) is 23.7 Å². The number of rotatable bonds is 8. The lowest BCUT2D eigenvalue weighted by Gasteiger charge is -2.16. The molecule has 166 valence electrons. The van der Waals surface area contributed by atoms with E-state index < -0.39 is 12.0 Å². The van der Waals surface area contributed by atoms with Crippen LogP contribution in [0.25, 0.3) is 0 Å². The molecule has 0 aliphatic carbocycles. The Bertz CT molecular complexity index is 1090. The molecule has 4 N–H and O–H groups in total. The van der Waals surface area contributed by atoms with Crippen LogP contribution in [0.15, 0.2) is 66.7 Å². The van der Waals surface area contributed by atoms with Crippen LogP contribution in [-0.2, 0) is 17.9 Å². The number of nitrogens with two attached hydrogens (primary N) is 1. The predicted molar refractivity (Wildman–Crippen MR) is 122 cm³/mol. The second-order valence-electron chi connectivity index (χ2n) is 6.80. The summed E-state index contributed by atoms with van der Waals surface area (Å²) in [6.45, 7) is 0.468. The number of carbonyl (C=O) groups excluding carboxylic acids is 2. The summed E-state index contributed by atoms with van der Waals surface area (Å²) in [7, 11) is 2.88. The molecule has 32 heavy (non-hydrogen) atoms. The Kier molecular flexibility index (Phi) is 7.66. The van der Waals surface area contributed by atoms with Gasteiger partial charge in [-0.15, -0.1) is 0 Å². The molecular formula is C24H25N3O5. The molecule has 0 heterocycles. The summed E-state index contributed by atoms with van der Waals surface area (Å²) in [4.78, 5) is 25.3. The van der Waals surface area contributed by atoms with Gasteiger partial charge in [0.1, 0.15) is 6.61 Å². The van der Waals surface area contributed by atoms with Crippen molar-refractivity contribution in [1.82, 2.24) is 0 Å². The van der Waals surface area contributed by atoms with Crippen molar-refractivity contribution >= 4 is 23.4 Å². The van der Waals surface area contributed by atoms with Gasteiger partial charge in [-0.2, -0.15) is 0 Å². The molecule has 0 aliphatic heterocycles. The molecule has 3 aromatic rings. The standard InChI is InChI=1S/C24H25N3O5/c1-30-21-13-19(27-24(29)32-15-16-7-4-3-5-8-16)12-20(22(21)31-2)23(28)26-18-10-6-9-17(11-18)14-25/h3-13H,14-15,25H2,1-2H3,(H,26,28)(H,27,29). The van der Waals surface area contributed by atoms with Gasteiger partial charge < -0.3 is 25.3 Å². The van der Waals surface area contributed by atoms with E-state index in [9.17, 15) is 9.59 Å². The highest BCUT2D eigenvalue weighted by Crippen LogP contribution is 2.35. The first-order valence-corrected chi connectivity index (χ1v) is 9.88. The van der Waals surface area contributed by atoms with Crippen molar-refractivity contribution in [3.8, 4) is 11.5 Å². The van der Waals surface area contributed by atoms with Crippen LogP contribution in [0.2, 0.25) is 0 Å². The molecule has 0 aliphatic rings. The monoisotopic (exact) mass is 435 g/mol. The van der Waals surface area contributed by atoms with Crippen LogP contribution < -0.4 is 25.8 Å². The topological polar surface area (TPSA) is 112 Å². The van der Waals surface area contributed by atoms with Gasteiger partial charge in [0.25, 0.3) is 5.91 Å². The van der Waals surface area contributed by atoms with E-state index >= 15 is 0 Å². The van der Waals surface area contributed by atoms with Crippen LogP contribution in [0, 0.1) is 0 Å². The van der Waals surface area contributed by atoms with Crippen molar-refractivity contribution in [2.75, 3.05) is 24.9 Å². The summed E-state index contributed by atoms with van der Waals surface area (Å²) in [6, 6.07) is 19.6. The Morgan fingerprint density at radius 1 is 0.844 bits per heavy atom. The van der Waals surface area contributed by atoms with Crippen LogP contribution in [0.1, 0.15) is 21.5 Å². The number of carbonyl (C=O) groups is 2. The van der Waals surface area contributed by atoms with Gasteiger partial charge in [0.15, 0.2) is 11.5 Å². The lowest BCUT2D eigenvalue weighted by Crippen LogP contribution is -2.17. The fourth-order valence-electron chi connectivity index (χ4n) is 3.06. The summed E-state index contributed by atoms with van der Waals surface area (Å²) in [5.74, 6) is 0.0908. The van der Waals surface area contributed by atoms with Gasteiger partial charge in [0, 0.05) is 24.0 Å². The van der Waals surface area contributed by atoms with Gasteiger partial charge in [-0.25, -0.2) is 4.79 Å². The fourth-order valence-corrected chi connectivity index (χ4v) is 3.06. The molecule has 8 heteroatoms. The SMILES string of the molecule is COc1cc(NC(=O)OCc2ccccc2)cc(C(=O)Nc2cccc(CN)c2)c1OC. The molecule has 0 fully saturated rings. The second-order valence-corrected chi connectivity index (χ2v) is 6.80. The average Bonchev–Trinajstić information content (AvgIpc) is 2.82. The van der Waals surface area contributed by atoms with Crippen molar-refractivity contribution in [1.29, 1.82) is 0 Å². The average molecular weight is 435 g/mol. The van der Waals surface area contributed by atoms with E-state index in [1.165, 1.54) is 20.3 Å². The number of nitrogens with one attached hydrogen (secondary N) is 2. The molecule has 0 radical (unpaired) electrons. The van der Waals surface area contributed by atoms with E-state index in [1.54, 1.807) is 24.3 Å². The molecule has 8 nitrogen and oxygen atoms in total. The molecule has 0 bridgehead atoms. The highest BCUT2D eigenvalue weighted by Gasteiger charge is 2.20. The lowest BCUT2D eigenvalue weighted by molar-refractivity contribution is 0.102. The van der Waals surface area contributed by atoms with E-state index in [2.05, 4.69) is 10.6 Å². The van der Waals surface area contributed by atoms with Crippen molar-refractivity contribution in [3.63, 3.8) is 0 Å². The summed E-state index contributed by atoms with van der Waals surface area (Å²) >= 11 is 0. The van der Waals surface area contributed by atoms with Crippen LogP contribution in [0.4, 0.5) is 16.2 Å². The van der Waals surface area contributed by atoms with Crippen molar-refractivity contribution in [3.05, 3.63) is 83.4 Å². The van der Waals surface area contributed by atoms with Gasteiger partial charge in [0.2, 0.25) is 0 Å². The minimum Gasteiger partial charge on any atom is -0.493 e. The molecule has 3 aromatic carbocycles. The number of ether oxygens (including phenoxy) is 3. The number of hydrogen-bond acceptors (Lipinski definition) is 6. The Labute approximate surface area is 186 Å². The third kappa shape index (κ3) is 5.77. The molecule has 0 aromatic heterocycles. The van der Waals surface area contributed by atoms with Gasteiger partial charge in [-0.05, 0) is 29.3 Å². The van der Waals surface area contributed by atoms with Crippen LogP contribution in [-0.4, -0.2) is 26.2 Å². The Morgan fingerprint density at radius 2 is 1.59 bits per heavy atom. The van der Waals surface area contributed by atoms with Crippen LogP contribution in [0.3, 0.4) is 0 Å². The maximum absolute atomic E-state index is 13.0. The summed E-state index contributed by atoms with van der Waals surface area (Å²) < 4.78 is 16.0. The molecule has 0 unspecified atom stereocenters. The Morgan fingerprint density at radius 3 is 2.28 bits per heavy atom. The van der Waals surface area contributed by atoms with Gasteiger partial charge in [-0.1, -0.05) is 42.5 Å². The maximum Gasteiger partial charge on any atom is 0.411 e. The third-order valence-electron chi connectivity index (χ3n) is 4.60. The number of amides is 2. The molecule has 3 rings (SSSR count). The first-order chi connectivity index (χ1) is 15.5. The number of methoxy groups -OCH3 is 2. The van der Waals surface area contributed by atoms with E-state index in [0.717, 1.165) is 11.1 Å². The van der Waals surface area contributed by atoms with Gasteiger partial charge >= 0.3 is 6.09 Å². The van der Waals surface area contributed by atoms with E-state index in [0.29, 0.717) is 17.9 Å². The maximum atomic E-state index is 13.0. The summed E-state index contributed by atoms with van der Waals surface area (Å²) in [6.07, 6.45) is -0.664. The number of anilines is 2. The predicted octanol–water partition coefficient (Wildman–Crippen LogP) is 4.16. The number of hydrogen-bond donors (Lipinski definition) is 3. The lowest BCUT2D eigenvalue weighted by atomic mass is 10.1. The van der Waals surface area contributed by atoms with Crippen molar-refractivity contribution in [2.24, 2.45) is 5.73 Å². The Balaban J connectivity index is 1.79. The van der Waals surface area contributed by atoms with Crippen LogP contribution >= 0.6 is 0 Å². The van der Waals surface area contributed by atoms with Gasteiger partial charge in [-0.3, -0.25) is 10.1 Å². The summed E-state index contributed by atoms with van der Waals surface area (Å²) in [5.41, 5.74) is 8.49. The minimum atomic E-state index is -0.664. The zero-order valence-electron chi connectivity index (χ0n) is 17.9. The van der Waals surface area contributed by atoms with Crippen LogP contribution in [0.5, 0.6) is 11.5 Å². The Hall–Kier alpha value is -4.04. The molecule has 2 amide bonds. The first kappa shape index (κ1) is 22.6. The molecule has 0 spiro atoms. The quantitative estimate of drug-likeness (QED) is 0.490. The first-order valence-electron chi connectivity index (χ1n) is 9.88. The van der Waals surface area contributed by atoms with E-state index in [4.69, 9.17) is 19.9 Å².